The van der Waals surface area contributed by atoms with Crippen LogP contribution in [0.1, 0.15) is 28.9 Å². The normalized spacial score (nSPS) is 14.2. The Morgan fingerprint density at radius 2 is 1.69 bits per heavy atom. The summed E-state index contributed by atoms with van der Waals surface area (Å²) in [5.41, 5.74) is 4.23. The zero-order valence-corrected chi connectivity index (χ0v) is 20.3. The van der Waals surface area contributed by atoms with Crippen molar-refractivity contribution in [3.63, 3.8) is 0 Å². The average Bonchev–Trinajstić information content (AvgIpc) is 2.91. The predicted octanol–water partition coefficient (Wildman–Crippen LogP) is 3.37. The number of piperazine rings is 1. The Balaban J connectivity index is 1.44. The number of nitrogens with zero attached hydrogens (tertiary/aromatic N) is 3. The van der Waals surface area contributed by atoms with Gasteiger partial charge < -0.3 is 20.2 Å². The summed E-state index contributed by atoms with van der Waals surface area (Å²) in [6.45, 7) is 4.36. The predicted molar refractivity (Wildman–Crippen MR) is 138 cm³/mol. The molecule has 0 unspecified atom stereocenters. The Bertz CT molecular complexity index is 1220. The lowest BCUT2D eigenvalue weighted by atomic mass is 10.1. The van der Waals surface area contributed by atoms with Gasteiger partial charge in [-0.3, -0.25) is 19.4 Å². The van der Waals surface area contributed by atoms with E-state index >= 15 is 0 Å². The van der Waals surface area contributed by atoms with Crippen molar-refractivity contribution in [2.45, 2.75) is 25.8 Å². The second-order valence-corrected chi connectivity index (χ2v) is 8.91. The van der Waals surface area contributed by atoms with Crippen molar-refractivity contribution >= 4 is 23.5 Å². The molecule has 2 amide bonds. The summed E-state index contributed by atoms with van der Waals surface area (Å²) in [7, 11) is 0. The van der Waals surface area contributed by atoms with Crippen molar-refractivity contribution in [3.8, 4) is 11.1 Å². The maximum atomic E-state index is 13.3. The Morgan fingerprint density at radius 3 is 2.39 bits per heavy atom. The number of hydrogen-bond acceptors (Lipinski definition) is 5. The molecule has 2 aromatic carbocycles. The Hall–Kier alpha value is -4.20. The first kappa shape index (κ1) is 24.9. The molecule has 4 rings (SSSR count). The first-order valence-corrected chi connectivity index (χ1v) is 12.1. The van der Waals surface area contributed by atoms with Gasteiger partial charge in [0.05, 0.1) is 0 Å². The summed E-state index contributed by atoms with van der Waals surface area (Å²) >= 11 is 0. The molecule has 0 radical (unpaired) electrons. The quantitative estimate of drug-likeness (QED) is 0.506. The molecule has 0 saturated carbocycles. The molecule has 2 heterocycles. The third-order valence-electron chi connectivity index (χ3n) is 6.31. The van der Waals surface area contributed by atoms with Gasteiger partial charge >= 0.3 is 5.97 Å². The lowest BCUT2D eigenvalue weighted by Gasteiger charge is -2.37. The minimum atomic E-state index is -1.02. The summed E-state index contributed by atoms with van der Waals surface area (Å²) in [5, 5.41) is 11.9. The van der Waals surface area contributed by atoms with E-state index < -0.39 is 17.9 Å². The van der Waals surface area contributed by atoms with Crippen LogP contribution in [0.4, 0.5) is 5.69 Å². The van der Waals surface area contributed by atoms with Gasteiger partial charge in [-0.05, 0) is 54.3 Å². The molecule has 8 heteroatoms. The van der Waals surface area contributed by atoms with Crippen molar-refractivity contribution in [1.82, 2.24) is 15.2 Å². The number of aryl methyl sites for hydroxylation is 1. The first-order chi connectivity index (χ1) is 17.4. The molecule has 1 saturated heterocycles. The highest BCUT2D eigenvalue weighted by Crippen LogP contribution is 2.20. The van der Waals surface area contributed by atoms with Crippen LogP contribution in [0.15, 0.2) is 72.9 Å². The molecule has 36 heavy (non-hydrogen) atoms. The molecule has 1 aromatic heterocycles. The van der Waals surface area contributed by atoms with Crippen molar-refractivity contribution in [2.75, 3.05) is 31.1 Å². The van der Waals surface area contributed by atoms with E-state index in [0.29, 0.717) is 26.2 Å². The lowest BCUT2D eigenvalue weighted by molar-refractivity contribution is -0.138. The average molecular weight is 487 g/mol. The fraction of sp³-hybridized carbons (Fsp3) is 0.286. The van der Waals surface area contributed by atoms with Crippen LogP contribution in [0.3, 0.4) is 0 Å². The minimum Gasteiger partial charge on any atom is -0.481 e. The SMILES string of the molecule is Cc1cccc(N2CCN(C(=O)[C@H](CCC(=O)O)NC(=O)c3cc(-c4ccccc4)ccn3)CC2)c1. The van der Waals surface area contributed by atoms with E-state index in [4.69, 9.17) is 0 Å². The van der Waals surface area contributed by atoms with E-state index in [9.17, 15) is 19.5 Å². The minimum absolute atomic E-state index is 0.0103. The molecule has 1 aliphatic rings. The van der Waals surface area contributed by atoms with Crippen molar-refractivity contribution in [1.29, 1.82) is 0 Å². The van der Waals surface area contributed by atoms with E-state index in [-0.39, 0.29) is 24.4 Å². The number of hydrogen-bond donors (Lipinski definition) is 2. The van der Waals surface area contributed by atoms with Crippen LogP contribution >= 0.6 is 0 Å². The monoisotopic (exact) mass is 486 g/mol. The van der Waals surface area contributed by atoms with Gasteiger partial charge in [-0.15, -0.1) is 0 Å². The number of pyridine rings is 1. The number of carbonyl (C=O) groups excluding carboxylic acids is 2. The van der Waals surface area contributed by atoms with E-state index in [0.717, 1.165) is 16.8 Å². The van der Waals surface area contributed by atoms with Crippen molar-refractivity contribution in [3.05, 3.63) is 84.2 Å². The van der Waals surface area contributed by atoms with E-state index in [1.807, 2.05) is 55.5 Å². The van der Waals surface area contributed by atoms with E-state index in [1.165, 1.54) is 5.56 Å². The van der Waals surface area contributed by atoms with Crippen LogP contribution in [-0.4, -0.2) is 65.0 Å². The number of aliphatic carboxylic acids is 1. The Labute approximate surface area is 210 Å². The van der Waals surface area contributed by atoms with Crippen LogP contribution in [0, 0.1) is 6.92 Å². The standard InChI is InChI=1S/C28H30N4O4/c1-20-6-5-9-23(18-20)31-14-16-32(17-15-31)28(36)24(10-11-26(33)34)30-27(35)25-19-22(12-13-29-25)21-7-3-2-4-8-21/h2-9,12-13,18-19,24H,10-11,14-17H2,1H3,(H,30,35)(H,33,34)/t24-/m0/s1. The smallest absolute Gasteiger partial charge is 0.303 e. The Morgan fingerprint density at radius 1 is 0.944 bits per heavy atom. The number of aromatic nitrogens is 1. The Kier molecular flexibility index (Phi) is 7.95. The van der Waals surface area contributed by atoms with Gasteiger partial charge in [0, 0.05) is 44.5 Å². The van der Waals surface area contributed by atoms with Crippen LogP contribution in [0.5, 0.6) is 0 Å². The van der Waals surface area contributed by atoms with Crippen LogP contribution in [0.25, 0.3) is 11.1 Å². The third-order valence-corrected chi connectivity index (χ3v) is 6.31. The molecule has 8 nitrogen and oxygen atoms in total. The number of carbonyl (C=O) groups is 3. The summed E-state index contributed by atoms with van der Waals surface area (Å²) < 4.78 is 0. The number of carboxylic acid groups (broad SMARTS) is 1. The molecule has 3 aromatic rings. The van der Waals surface area contributed by atoms with Crippen molar-refractivity contribution in [2.24, 2.45) is 0 Å². The molecule has 0 spiro atoms. The second-order valence-electron chi connectivity index (χ2n) is 8.91. The number of rotatable bonds is 8. The molecule has 2 N–H and O–H groups in total. The number of anilines is 1. The number of benzene rings is 2. The fourth-order valence-electron chi connectivity index (χ4n) is 4.35. The summed E-state index contributed by atoms with van der Waals surface area (Å²) in [6, 6.07) is 20.4. The highest BCUT2D eigenvalue weighted by Gasteiger charge is 2.29. The molecular weight excluding hydrogens is 456 g/mol. The maximum absolute atomic E-state index is 13.3. The van der Waals surface area contributed by atoms with Gasteiger partial charge in [0.25, 0.3) is 5.91 Å². The number of carboxylic acids is 1. The zero-order chi connectivity index (χ0) is 25.5. The maximum Gasteiger partial charge on any atom is 0.303 e. The second kappa shape index (κ2) is 11.5. The molecule has 186 valence electrons. The molecule has 1 aliphatic heterocycles. The van der Waals surface area contributed by atoms with Gasteiger partial charge in [-0.25, -0.2) is 0 Å². The molecule has 0 bridgehead atoms. The van der Waals surface area contributed by atoms with Gasteiger partial charge in [-0.1, -0.05) is 42.5 Å². The van der Waals surface area contributed by atoms with Gasteiger partial charge in [0.2, 0.25) is 5.91 Å². The van der Waals surface area contributed by atoms with Crippen LogP contribution < -0.4 is 10.2 Å². The van der Waals surface area contributed by atoms with E-state index in [1.54, 1.807) is 17.2 Å². The third kappa shape index (κ3) is 6.27. The first-order valence-electron chi connectivity index (χ1n) is 12.1. The van der Waals surface area contributed by atoms with Crippen molar-refractivity contribution < 1.29 is 19.5 Å². The molecule has 1 fully saturated rings. The summed E-state index contributed by atoms with van der Waals surface area (Å²) in [6.07, 6.45) is 1.34. The molecule has 0 aliphatic carbocycles. The fourth-order valence-corrected chi connectivity index (χ4v) is 4.35. The van der Waals surface area contributed by atoms with Crippen LogP contribution in [0.2, 0.25) is 0 Å². The largest absolute Gasteiger partial charge is 0.481 e. The zero-order valence-electron chi connectivity index (χ0n) is 20.3. The van der Waals surface area contributed by atoms with Crippen LogP contribution in [-0.2, 0) is 9.59 Å². The summed E-state index contributed by atoms with van der Waals surface area (Å²) in [5.74, 6) is -1.79. The summed E-state index contributed by atoms with van der Waals surface area (Å²) in [4.78, 5) is 45.7. The number of amides is 2. The molecular formula is C28H30N4O4. The van der Waals surface area contributed by atoms with Gasteiger partial charge in [0.15, 0.2) is 0 Å². The van der Waals surface area contributed by atoms with Gasteiger partial charge in [0.1, 0.15) is 11.7 Å². The topological polar surface area (TPSA) is 103 Å². The lowest BCUT2D eigenvalue weighted by Crippen LogP contribution is -2.55. The molecule has 1 atom stereocenters. The van der Waals surface area contributed by atoms with Gasteiger partial charge in [-0.2, -0.15) is 0 Å². The highest BCUT2D eigenvalue weighted by molar-refractivity contribution is 5.97. The highest BCUT2D eigenvalue weighted by atomic mass is 16.4. The van der Waals surface area contributed by atoms with E-state index in [2.05, 4.69) is 27.3 Å². The number of nitrogens with one attached hydrogen (secondary N) is 1.